The van der Waals surface area contributed by atoms with Crippen LogP contribution < -0.4 is 19.1 Å². The number of sulfonamides is 1. The molecule has 1 atom stereocenters. The number of carbonyl (C=O) groups is 2. The van der Waals surface area contributed by atoms with Crippen molar-refractivity contribution in [3.63, 3.8) is 0 Å². The number of hydrogen-bond acceptors (Lipinski definition) is 6. The van der Waals surface area contributed by atoms with Crippen molar-refractivity contribution in [3.8, 4) is 11.5 Å². The maximum Gasteiger partial charge on any atom is 0.242 e. The highest BCUT2D eigenvalue weighted by Crippen LogP contribution is 2.36. The van der Waals surface area contributed by atoms with Crippen molar-refractivity contribution in [1.29, 1.82) is 0 Å². The fourth-order valence-corrected chi connectivity index (χ4v) is 4.99. The molecule has 1 aliphatic rings. The highest BCUT2D eigenvalue weighted by Gasteiger charge is 2.27. The van der Waals surface area contributed by atoms with E-state index in [0.29, 0.717) is 30.3 Å². The van der Waals surface area contributed by atoms with Gasteiger partial charge in [-0.1, -0.05) is 36.8 Å². The summed E-state index contributed by atoms with van der Waals surface area (Å²) in [6, 6.07) is 12.1. The summed E-state index contributed by atoms with van der Waals surface area (Å²) in [6.45, 7) is 6.69. The number of carbonyl (C=O) groups excluding carboxylic acids is 2. The van der Waals surface area contributed by atoms with E-state index in [0.717, 1.165) is 23.8 Å². The van der Waals surface area contributed by atoms with Crippen molar-refractivity contribution in [2.75, 3.05) is 30.4 Å². The topological polar surface area (TPSA) is 105 Å². The molecule has 0 fully saturated rings. The molecule has 1 aliphatic heterocycles. The van der Waals surface area contributed by atoms with E-state index in [1.165, 1.54) is 4.31 Å². The average molecular weight is 518 g/mol. The van der Waals surface area contributed by atoms with Gasteiger partial charge in [0.05, 0.1) is 11.9 Å². The van der Waals surface area contributed by atoms with Crippen molar-refractivity contribution in [1.82, 2.24) is 10.2 Å². The summed E-state index contributed by atoms with van der Waals surface area (Å²) in [5.74, 6) is 0.615. The van der Waals surface area contributed by atoms with E-state index in [4.69, 9.17) is 9.47 Å². The highest BCUT2D eigenvalue weighted by atomic mass is 32.2. The predicted molar refractivity (Wildman–Crippen MR) is 138 cm³/mol. The Hall–Kier alpha value is -3.27. The fourth-order valence-electron chi connectivity index (χ4n) is 4.03. The Morgan fingerprint density at radius 2 is 1.86 bits per heavy atom. The van der Waals surface area contributed by atoms with Crippen molar-refractivity contribution >= 4 is 27.5 Å². The fraction of sp³-hybridized carbons (Fsp3) is 0.462. The molecule has 0 aliphatic carbocycles. The third kappa shape index (κ3) is 7.13. The Bertz CT molecular complexity index is 1180. The zero-order valence-electron chi connectivity index (χ0n) is 21.3. The second-order valence-corrected chi connectivity index (χ2v) is 10.9. The molecule has 2 amide bonds. The zero-order chi connectivity index (χ0) is 26.3. The van der Waals surface area contributed by atoms with Crippen LogP contribution in [0, 0.1) is 6.92 Å². The zero-order valence-corrected chi connectivity index (χ0v) is 22.1. The van der Waals surface area contributed by atoms with E-state index in [9.17, 15) is 18.0 Å². The predicted octanol–water partition coefficient (Wildman–Crippen LogP) is 3.21. The van der Waals surface area contributed by atoms with Gasteiger partial charge in [0.25, 0.3) is 0 Å². The van der Waals surface area contributed by atoms with Gasteiger partial charge in [-0.25, -0.2) is 8.42 Å². The lowest BCUT2D eigenvalue weighted by Gasteiger charge is -2.29. The molecule has 1 N–H and O–H groups in total. The largest absolute Gasteiger partial charge is 0.454 e. The molecule has 9 nitrogen and oxygen atoms in total. The molecule has 0 spiro atoms. The number of fused-ring (bicyclic) bond motifs is 1. The molecular weight excluding hydrogens is 482 g/mol. The first kappa shape index (κ1) is 27.3. The number of amides is 2. The van der Waals surface area contributed by atoms with Crippen LogP contribution in [0.15, 0.2) is 42.5 Å². The van der Waals surface area contributed by atoms with Crippen molar-refractivity contribution < 1.29 is 27.5 Å². The minimum Gasteiger partial charge on any atom is -0.454 e. The van der Waals surface area contributed by atoms with Gasteiger partial charge < -0.3 is 19.7 Å². The van der Waals surface area contributed by atoms with E-state index >= 15 is 0 Å². The Balaban J connectivity index is 1.72. The third-order valence-electron chi connectivity index (χ3n) is 5.95. The van der Waals surface area contributed by atoms with Crippen molar-refractivity contribution in [3.05, 3.63) is 53.6 Å². The van der Waals surface area contributed by atoms with Crippen LogP contribution in [0.4, 0.5) is 5.69 Å². The van der Waals surface area contributed by atoms with Crippen LogP contribution in [0.2, 0.25) is 0 Å². The van der Waals surface area contributed by atoms with Gasteiger partial charge in [-0.3, -0.25) is 13.9 Å². The molecule has 0 saturated carbocycles. The Kier molecular flexibility index (Phi) is 9.19. The van der Waals surface area contributed by atoms with Gasteiger partial charge in [0.1, 0.15) is 6.04 Å². The first-order chi connectivity index (χ1) is 17.1. The SMILES string of the molecule is CCCNC(=O)[C@H](C)N(Cc1cccc(C)c1)C(=O)CCCN(c1ccc2c(c1)OCO2)S(C)(=O)=O. The van der Waals surface area contributed by atoms with Gasteiger partial charge in [-0.05, 0) is 44.4 Å². The van der Waals surface area contributed by atoms with Gasteiger partial charge in [0.15, 0.2) is 11.5 Å². The number of ether oxygens (including phenoxy) is 2. The molecule has 2 aromatic carbocycles. The summed E-state index contributed by atoms with van der Waals surface area (Å²) in [5.41, 5.74) is 2.44. The Morgan fingerprint density at radius 3 is 2.56 bits per heavy atom. The molecule has 0 saturated heterocycles. The van der Waals surface area contributed by atoms with Crippen LogP contribution >= 0.6 is 0 Å². The number of aryl methyl sites for hydroxylation is 1. The summed E-state index contributed by atoms with van der Waals surface area (Å²) < 4.78 is 37.0. The second kappa shape index (κ2) is 12.1. The number of rotatable bonds is 12. The summed E-state index contributed by atoms with van der Waals surface area (Å²) in [5, 5.41) is 2.86. The Labute approximate surface area is 213 Å². The molecule has 36 heavy (non-hydrogen) atoms. The average Bonchev–Trinajstić information content (AvgIpc) is 3.30. The minimum atomic E-state index is -3.60. The standard InChI is InChI=1S/C26H35N3O6S/c1-5-13-27-26(31)20(3)28(17-21-9-6-8-19(2)15-21)25(30)10-7-14-29(36(4,32)33)22-11-12-23-24(16-22)35-18-34-23/h6,8-9,11-12,15-16,20H,5,7,10,13-14,17-18H2,1-4H3,(H,27,31)/t20-/m0/s1. The number of nitrogens with one attached hydrogen (secondary N) is 1. The molecule has 10 heteroatoms. The normalized spacial score (nSPS) is 13.2. The minimum absolute atomic E-state index is 0.0902. The van der Waals surface area contributed by atoms with Gasteiger partial charge >= 0.3 is 0 Å². The molecule has 1 heterocycles. The summed E-state index contributed by atoms with van der Waals surface area (Å²) in [4.78, 5) is 27.6. The molecule has 0 radical (unpaired) electrons. The van der Waals surface area contributed by atoms with Gasteiger partial charge in [-0.15, -0.1) is 0 Å². The first-order valence-electron chi connectivity index (χ1n) is 12.1. The van der Waals surface area contributed by atoms with Crippen LogP contribution in [0.1, 0.15) is 44.2 Å². The molecule has 0 aromatic heterocycles. The lowest BCUT2D eigenvalue weighted by Crippen LogP contribution is -2.47. The summed E-state index contributed by atoms with van der Waals surface area (Å²) in [6.07, 6.45) is 2.30. The second-order valence-electron chi connectivity index (χ2n) is 8.95. The number of hydrogen-bond donors (Lipinski definition) is 1. The van der Waals surface area contributed by atoms with Crippen LogP contribution in [-0.4, -0.2) is 57.3 Å². The van der Waals surface area contributed by atoms with Gasteiger partial charge in [0, 0.05) is 32.1 Å². The van der Waals surface area contributed by atoms with E-state index < -0.39 is 16.1 Å². The van der Waals surface area contributed by atoms with E-state index in [1.54, 1.807) is 30.0 Å². The summed E-state index contributed by atoms with van der Waals surface area (Å²) in [7, 11) is -3.60. The molecule has 196 valence electrons. The molecular formula is C26H35N3O6S. The van der Waals surface area contributed by atoms with E-state index in [-0.39, 0.29) is 38.0 Å². The Morgan fingerprint density at radius 1 is 1.11 bits per heavy atom. The van der Waals surface area contributed by atoms with Crippen molar-refractivity contribution in [2.45, 2.75) is 52.6 Å². The summed E-state index contributed by atoms with van der Waals surface area (Å²) >= 11 is 0. The smallest absolute Gasteiger partial charge is 0.242 e. The lowest BCUT2D eigenvalue weighted by molar-refractivity contribution is -0.140. The van der Waals surface area contributed by atoms with Crippen LogP contribution in [-0.2, 0) is 26.2 Å². The molecule has 2 aromatic rings. The van der Waals surface area contributed by atoms with Crippen LogP contribution in [0.25, 0.3) is 0 Å². The van der Waals surface area contributed by atoms with E-state index in [1.807, 2.05) is 38.1 Å². The van der Waals surface area contributed by atoms with Crippen LogP contribution in [0.5, 0.6) is 11.5 Å². The first-order valence-corrected chi connectivity index (χ1v) is 13.9. The van der Waals surface area contributed by atoms with Crippen molar-refractivity contribution in [2.24, 2.45) is 0 Å². The monoisotopic (exact) mass is 517 g/mol. The maximum absolute atomic E-state index is 13.3. The molecule has 3 rings (SSSR count). The molecule has 0 unspecified atom stereocenters. The number of anilines is 1. The highest BCUT2D eigenvalue weighted by molar-refractivity contribution is 7.92. The van der Waals surface area contributed by atoms with Gasteiger partial charge in [-0.2, -0.15) is 0 Å². The quantitative estimate of drug-likeness (QED) is 0.464. The molecule has 0 bridgehead atoms. The van der Waals surface area contributed by atoms with Crippen LogP contribution in [0.3, 0.4) is 0 Å². The maximum atomic E-state index is 13.3. The van der Waals surface area contributed by atoms with Gasteiger partial charge in [0.2, 0.25) is 28.6 Å². The number of nitrogens with zero attached hydrogens (tertiary/aromatic N) is 2. The lowest BCUT2D eigenvalue weighted by atomic mass is 10.1. The third-order valence-corrected chi connectivity index (χ3v) is 7.14. The number of benzene rings is 2. The van der Waals surface area contributed by atoms with E-state index in [2.05, 4.69) is 5.32 Å².